The first kappa shape index (κ1) is 14.0. The first-order valence-corrected chi connectivity index (χ1v) is 5.73. The Morgan fingerprint density at radius 3 is 2.50 bits per heavy atom. The summed E-state index contributed by atoms with van der Waals surface area (Å²) in [6.45, 7) is 0.826. The molecule has 98 valence electrons. The van der Waals surface area contributed by atoms with Crippen molar-refractivity contribution in [2.24, 2.45) is 0 Å². The monoisotopic (exact) mass is 251 g/mol. The Morgan fingerprint density at radius 2 is 1.89 bits per heavy atom. The number of rotatable bonds is 7. The maximum absolute atomic E-state index is 11.5. The molecular weight excluding hydrogens is 234 g/mol. The second kappa shape index (κ2) is 7.32. The van der Waals surface area contributed by atoms with Crippen molar-refractivity contribution >= 4 is 11.9 Å². The second-order valence-corrected chi connectivity index (χ2v) is 3.87. The molecule has 1 amide bonds. The molecule has 1 aromatic carbocycles. The lowest BCUT2D eigenvalue weighted by Crippen LogP contribution is -2.31. The van der Waals surface area contributed by atoms with Crippen molar-refractivity contribution < 1.29 is 19.4 Å². The lowest BCUT2D eigenvalue weighted by Gasteiger charge is -2.17. The first-order valence-electron chi connectivity index (χ1n) is 5.73. The normalized spacial score (nSPS) is 9.83. The summed E-state index contributed by atoms with van der Waals surface area (Å²) in [5.41, 5.74) is 0. The van der Waals surface area contributed by atoms with Crippen LogP contribution in [0.25, 0.3) is 0 Å². The summed E-state index contributed by atoms with van der Waals surface area (Å²) in [5.74, 6) is -0.393. The number of carbonyl (C=O) groups excluding carboxylic acids is 1. The van der Waals surface area contributed by atoms with Crippen molar-refractivity contribution in [3.05, 3.63) is 30.3 Å². The number of para-hydroxylation sites is 1. The minimum absolute atomic E-state index is 0.0250. The number of carbonyl (C=O) groups is 2. The number of carboxylic acids is 1. The summed E-state index contributed by atoms with van der Waals surface area (Å²) in [5, 5.41) is 8.47. The van der Waals surface area contributed by atoms with Crippen LogP contribution in [0, 0.1) is 0 Å². The second-order valence-electron chi connectivity index (χ2n) is 3.87. The zero-order chi connectivity index (χ0) is 13.4. The predicted molar refractivity (Wildman–Crippen MR) is 66.4 cm³/mol. The van der Waals surface area contributed by atoms with E-state index in [9.17, 15) is 9.59 Å². The first-order chi connectivity index (χ1) is 8.59. The molecule has 0 aromatic heterocycles. The Kier molecular flexibility index (Phi) is 5.70. The lowest BCUT2D eigenvalue weighted by molar-refractivity contribution is -0.140. The summed E-state index contributed by atoms with van der Waals surface area (Å²) in [4.78, 5) is 23.3. The van der Waals surface area contributed by atoms with E-state index >= 15 is 0 Å². The zero-order valence-electron chi connectivity index (χ0n) is 10.3. The van der Waals surface area contributed by atoms with E-state index in [4.69, 9.17) is 9.84 Å². The van der Waals surface area contributed by atoms with Crippen LogP contribution in [0.4, 0.5) is 0 Å². The Morgan fingerprint density at radius 1 is 1.22 bits per heavy atom. The van der Waals surface area contributed by atoms with E-state index in [2.05, 4.69) is 0 Å². The molecule has 0 atom stereocenters. The highest BCUT2D eigenvalue weighted by atomic mass is 16.5. The van der Waals surface area contributed by atoms with E-state index in [0.717, 1.165) is 5.75 Å². The zero-order valence-corrected chi connectivity index (χ0v) is 10.3. The van der Waals surface area contributed by atoms with Gasteiger partial charge in [0.2, 0.25) is 5.91 Å². The quantitative estimate of drug-likeness (QED) is 0.795. The molecule has 5 nitrogen and oxygen atoms in total. The number of likely N-dealkylation sites (N-methyl/N-ethyl adjacent to an activating group) is 1. The third-order valence-corrected chi connectivity index (χ3v) is 2.42. The minimum Gasteiger partial charge on any atom is -0.492 e. The van der Waals surface area contributed by atoms with Gasteiger partial charge in [-0.1, -0.05) is 18.2 Å². The standard InChI is InChI=1S/C13H17NO4/c1-14(12(15)7-8-13(16)17)9-10-18-11-5-3-2-4-6-11/h2-6H,7-10H2,1H3,(H,16,17). The van der Waals surface area contributed by atoms with Gasteiger partial charge >= 0.3 is 5.97 Å². The third-order valence-electron chi connectivity index (χ3n) is 2.42. The van der Waals surface area contributed by atoms with Crippen molar-refractivity contribution in [3.63, 3.8) is 0 Å². The number of hydrogen-bond acceptors (Lipinski definition) is 3. The van der Waals surface area contributed by atoms with Crippen LogP contribution in [-0.4, -0.2) is 42.1 Å². The fourth-order valence-corrected chi connectivity index (χ4v) is 1.35. The lowest BCUT2D eigenvalue weighted by atomic mass is 10.3. The maximum Gasteiger partial charge on any atom is 0.303 e. The van der Waals surface area contributed by atoms with Crippen LogP contribution in [0.5, 0.6) is 5.75 Å². The molecule has 0 aliphatic heterocycles. The highest BCUT2D eigenvalue weighted by Gasteiger charge is 2.10. The molecule has 1 N–H and O–H groups in total. The Hall–Kier alpha value is -2.04. The number of benzene rings is 1. The molecule has 0 spiro atoms. The molecule has 0 aliphatic carbocycles. The molecule has 0 unspecified atom stereocenters. The van der Waals surface area contributed by atoms with Gasteiger partial charge in [-0.2, -0.15) is 0 Å². The highest BCUT2D eigenvalue weighted by molar-refractivity contribution is 5.80. The molecule has 1 rings (SSSR count). The van der Waals surface area contributed by atoms with Gasteiger partial charge in [0.05, 0.1) is 13.0 Å². The number of ether oxygens (including phenoxy) is 1. The van der Waals surface area contributed by atoms with Gasteiger partial charge in [-0.3, -0.25) is 9.59 Å². The largest absolute Gasteiger partial charge is 0.492 e. The summed E-state index contributed by atoms with van der Waals surface area (Å²) < 4.78 is 5.44. The van der Waals surface area contributed by atoms with Gasteiger partial charge in [0.25, 0.3) is 0 Å². The fraction of sp³-hybridized carbons (Fsp3) is 0.385. The minimum atomic E-state index is -0.961. The van der Waals surface area contributed by atoms with E-state index in [1.54, 1.807) is 7.05 Å². The summed E-state index contributed by atoms with van der Waals surface area (Å²) in [6, 6.07) is 9.32. The van der Waals surface area contributed by atoms with Crippen molar-refractivity contribution in [2.45, 2.75) is 12.8 Å². The average molecular weight is 251 g/mol. The van der Waals surface area contributed by atoms with Gasteiger partial charge in [-0.05, 0) is 12.1 Å². The predicted octanol–water partition coefficient (Wildman–Crippen LogP) is 1.39. The van der Waals surface area contributed by atoms with Gasteiger partial charge in [-0.15, -0.1) is 0 Å². The van der Waals surface area contributed by atoms with E-state index in [1.165, 1.54) is 4.90 Å². The molecule has 18 heavy (non-hydrogen) atoms. The van der Waals surface area contributed by atoms with Gasteiger partial charge in [0.15, 0.2) is 0 Å². The van der Waals surface area contributed by atoms with E-state index in [0.29, 0.717) is 13.2 Å². The van der Waals surface area contributed by atoms with Crippen molar-refractivity contribution in [1.29, 1.82) is 0 Å². The SMILES string of the molecule is CN(CCOc1ccccc1)C(=O)CCC(=O)O. The van der Waals surface area contributed by atoms with Crippen molar-refractivity contribution in [2.75, 3.05) is 20.2 Å². The molecule has 0 radical (unpaired) electrons. The Balaban J connectivity index is 2.22. The summed E-state index contributed by atoms with van der Waals surface area (Å²) in [7, 11) is 1.64. The van der Waals surface area contributed by atoms with E-state index < -0.39 is 5.97 Å². The van der Waals surface area contributed by atoms with Crippen LogP contribution in [-0.2, 0) is 9.59 Å². The number of amides is 1. The van der Waals surface area contributed by atoms with Crippen LogP contribution in [0.3, 0.4) is 0 Å². The van der Waals surface area contributed by atoms with Crippen LogP contribution in [0.2, 0.25) is 0 Å². The van der Waals surface area contributed by atoms with Crippen LogP contribution < -0.4 is 4.74 Å². The number of aliphatic carboxylic acids is 1. The summed E-state index contributed by atoms with van der Waals surface area (Å²) >= 11 is 0. The van der Waals surface area contributed by atoms with Gasteiger partial charge < -0.3 is 14.7 Å². The van der Waals surface area contributed by atoms with Crippen molar-refractivity contribution in [1.82, 2.24) is 4.90 Å². The molecule has 0 fully saturated rings. The van der Waals surface area contributed by atoms with Crippen LogP contribution in [0.1, 0.15) is 12.8 Å². The highest BCUT2D eigenvalue weighted by Crippen LogP contribution is 2.07. The van der Waals surface area contributed by atoms with Crippen LogP contribution in [0.15, 0.2) is 30.3 Å². The van der Waals surface area contributed by atoms with E-state index in [1.807, 2.05) is 30.3 Å². The third kappa shape index (κ3) is 5.34. The summed E-state index contributed by atoms with van der Waals surface area (Å²) in [6.07, 6.45) is -0.111. The molecule has 0 bridgehead atoms. The molecule has 0 heterocycles. The molecule has 0 aliphatic rings. The Labute approximate surface area is 106 Å². The Bertz CT molecular complexity index is 391. The topological polar surface area (TPSA) is 66.8 Å². The molecule has 1 aromatic rings. The maximum atomic E-state index is 11.5. The molecule has 5 heteroatoms. The van der Waals surface area contributed by atoms with Crippen LogP contribution >= 0.6 is 0 Å². The molecular formula is C13H17NO4. The fourth-order valence-electron chi connectivity index (χ4n) is 1.35. The molecule has 0 saturated carbocycles. The van der Waals surface area contributed by atoms with Gasteiger partial charge in [0.1, 0.15) is 12.4 Å². The smallest absolute Gasteiger partial charge is 0.303 e. The van der Waals surface area contributed by atoms with Gasteiger partial charge in [-0.25, -0.2) is 0 Å². The van der Waals surface area contributed by atoms with E-state index in [-0.39, 0.29) is 18.7 Å². The number of nitrogens with zero attached hydrogens (tertiary/aromatic N) is 1. The molecule has 0 saturated heterocycles. The van der Waals surface area contributed by atoms with Crippen molar-refractivity contribution in [3.8, 4) is 5.75 Å². The number of hydrogen-bond donors (Lipinski definition) is 1. The van der Waals surface area contributed by atoms with Gasteiger partial charge in [0, 0.05) is 13.5 Å². The number of carboxylic acid groups (broad SMARTS) is 1. The average Bonchev–Trinajstić information content (AvgIpc) is 2.37.